The molecule has 172 valence electrons. The molecule has 8 nitrogen and oxygen atoms in total. The molecule has 5 N–H and O–H groups in total. The highest BCUT2D eigenvalue weighted by atomic mass is 19.1. The third kappa shape index (κ3) is 5.00. The number of benzene rings is 2. The van der Waals surface area contributed by atoms with E-state index in [-0.39, 0.29) is 35.1 Å². The first kappa shape index (κ1) is 23.5. The van der Waals surface area contributed by atoms with E-state index >= 15 is 0 Å². The zero-order valence-electron chi connectivity index (χ0n) is 18.3. The third-order valence-electron chi connectivity index (χ3n) is 5.33. The number of aryl methyl sites for hydroxylation is 2. The van der Waals surface area contributed by atoms with Crippen LogP contribution in [0, 0.1) is 19.7 Å². The minimum Gasteiger partial charge on any atom is -0.508 e. The minimum absolute atomic E-state index is 0.00769. The first-order chi connectivity index (χ1) is 14.9. The Bertz CT molecular complexity index is 1050. The second-order valence-corrected chi connectivity index (χ2v) is 8.74. The normalized spacial score (nSPS) is 16.7. The maximum atomic E-state index is 13.9. The van der Waals surface area contributed by atoms with Crippen molar-refractivity contribution in [3.05, 3.63) is 52.3 Å². The van der Waals surface area contributed by atoms with Crippen LogP contribution in [0.5, 0.6) is 11.5 Å². The summed E-state index contributed by atoms with van der Waals surface area (Å²) in [6.07, 6.45) is -2.36. The van der Waals surface area contributed by atoms with Crippen LogP contribution < -0.4 is 15.4 Å². The molecule has 0 aliphatic carbocycles. The molecule has 0 saturated carbocycles. The van der Waals surface area contributed by atoms with Gasteiger partial charge in [0.15, 0.2) is 5.75 Å². The Kier molecular flexibility index (Phi) is 6.43. The first-order valence-electron chi connectivity index (χ1n) is 10.1. The number of β-amino-alcohol motifs (C(OH)–C–C–N with tert-alkyl or cyclic N) is 1. The number of rotatable bonds is 7. The van der Waals surface area contributed by atoms with Crippen LogP contribution in [0.25, 0.3) is 0 Å². The number of carboxylic acids is 1. The fraction of sp³-hybridized carbons (Fsp3) is 0.391. The number of aromatic hydroxyl groups is 1. The summed E-state index contributed by atoms with van der Waals surface area (Å²) in [4.78, 5) is 23.2. The zero-order valence-corrected chi connectivity index (χ0v) is 18.3. The fourth-order valence-electron chi connectivity index (χ4n) is 3.83. The molecule has 1 heterocycles. The molecule has 1 aliphatic heterocycles. The predicted octanol–water partition coefficient (Wildman–Crippen LogP) is 2.58. The average Bonchev–Trinajstić information content (AvgIpc) is 2.68. The number of fused-ring (bicyclic) bond motifs is 1. The summed E-state index contributed by atoms with van der Waals surface area (Å²) in [5, 5.41) is 35.6. The van der Waals surface area contributed by atoms with Gasteiger partial charge in [-0.25, -0.2) is 9.18 Å². The highest BCUT2D eigenvalue weighted by molar-refractivity contribution is 6.09. The van der Waals surface area contributed by atoms with E-state index in [9.17, 15) is 29.3 Å². The molecule has 9 heteroatoms. The van der Waals surface area contributed by atoms with Crippen LogP contribution in [0.4, 0.5) is 10.1 Å². The van der Waals surface area contributed by atoms with Gasteiger partial charge in [0.05, 0.1) is 11.8 Å². The molecule has 2 unspecified atom stereocenters. The molecule has 2 aromatic rings. The van der Waals surface area contributed by atoms with Gasteiger partial charge in [0.1, 0.15) is 11.6 Å². The standard InChI is InChI=1S/C23H27FN2O6/c1-11-5-13(6-12(2)18(11)24)9-23(3,4)25-10-17(28)15-7-14(27)8-16-19(15)32-20(22(30)31)21(29)26-16/h5-8,17,20,25,27-28H,9-10H2,1-4H3,(H,26,29)(H,30,31). The Labute approximate surface area is 185 Å². The second kappa shape index (κ2) is 8.76. The van der Waals surface area contributed by atoms with Crippen molar-refractivity contribution in [1.29, 1.82) is 0 Å². The van der Waals surface area contributed by atoms with Crippen LogP contribution >= 0.6 is 0 Å². The lowest BCUT2D eigenvalue weighted by molar-refractivity contribution is -0.149. The number of carbonyl (C=O) groups is 2. The number of ether oxygens (including phenoxy) is 1. The average molecular weight is 446 g/mol. The van der Waals surface area contributed by atoms with Crippen LogP contribution in [0.15, 0.2) is 24.3 Å². The van der Waals surface area contributed by atoms with Crippen molar-refractivity contribution in [3.63, 3.8) is 0 Å². The van der Waals surface area contributed by atoms with Crippen molar-refractivity contribution in [1.82, 2.24) is 5.32 Å². The number of anilines is 1. The number of hydrogen-bond acceptors (Lipinski definition) is 6. The molecule has 0 bridgehead atoms. The Balaban J connectivity index is 1.77. The summed E-state index contributed by atoms with van der Waals surface area (Å²) in [7, 11) is 0. The molecule has 2 aromatic carbocycles. The lowest BCUT2D eigenvalue weighted by atomic mass is 9.92. The van der Waals surface area contributed by atoms with Gasteiger partial charge in [0.2, 0.25) is 0 Å². The smallest absolute Gasteiger partial charge is 0.354 e. The number of aliphatic hydroxyl groups is 1. The SMILES string of the molecule is Cc1cc(CC(C)(C)NCC(O)c2cc(O)cc3c2OC(C(=O)O)C(=O)N3)cc(C)c1F. The summed E-state index contributed by atoms with van der Waals surface area (Å²) in [6.45, 7) is 7.34. The van der Waals surface area contributed by atoms with Crippen LogP contribution in [-0.4, -0.2) is 45.4 Å². The summed E-state index contributed by atoms with van der Waals surface area (Å²) >= 11 is 0. The molecule has 32 heavy (non-hydrogen) atoms. The molecule has 2 atom stereocenters. The van der Waals surface area contributed by atoms with E-state index in [1.807, 2.05) is 13.8 Å². The van der Waals surface area contributed by atoms with Gasteiger partial charge in [-0.1, -0.05) is 12.1 Å². The van der Waals surface area contributed by atoms with E-state index in [1.165, 1.54) is 12.1 Å². The van der Waals surface area contributed by atoms with E-state index in [0.717, 1.165) is 5.56 Å². The van der Waals surface area contributed by atoms with Crippen LogP contribution in [0.1, 0.15) is 42.2 Å². The Morgan fingerprint density at radius 3 is 2.47 bits per heavy atom. The number of phenols is 1. The summed E-state index contributed by atoms with van der Waals surface area (Å²) in [6, 6.07) is 6.06. The molecule has 1 aliphatic rings. The number of nitrogens with one attached hydrogen (secondary N) is 2. The van der Waals surface area contributed by atoms with Crippen molar-refractivity contribution >= 4 is 17.6 Å². The topological polar surface area (TPSA) is 128 Å². The van der Waals surface area contributed by atoms with Gasteiger partial charge in [-0.2, -0.15) is 0 Å². The molecule has 0 aromatic heterocycles. The molecule has 0 saturated heterocycles. The quantitative estimate of drug-likeness (QED) is 0.414. The third-order valence-corrected chi connectivity index (χ3v) is 5.33. The van der Waals surface area contributed by atoms with Gasteiger partial charge in [0.25, 0.3) is 12.0 Å². The number of aliphatic carboxylic acids is 1. The van der Waals surface area contributed by atoms with Gasteiger partial charge in [-0.15, -0.1) is 0 Å². The summed E-state index contributed by atoms with van der Waals surface area (Å²) < 4.78 is 19.2. The minimum atomic E-state index is -1.76. The van der Waals surface area contributed by atoms with Crippen LogP contribution in [0.3, 0.4) is 0 Å². The number of carboxylic acid groups (broad SMARTS) is 1. The Hall–Kier alpha value is -3.17. The number of phenolic OH excluding ortho intramolecular Hbond substituents is 1. The number of aliphatic hydroxyl groups excluding tert-OH is 1. The van der Waals surface area contributed by atoms with E-state index < -0.39 is 29.6 Å². The molecule has 1 amide bonds. The Morgan fingerprint density at radius 1 is 1.25 bits per heavy atom. The van der Waals surface area contributed by atoms with Gasteiger partial charge in [-0.3, -0.25) is 4.79 Å². The zero-order chi connectivity index (χ0) is 23.8. The van der Waals surface area contributed by atoms with Crippen molar-refractivity contribution in [2.75, 3.05) is 11.9 Å². The largest absolute Gasteiger partial charge is 0.508 e. The first-order valence-corrected chi connectivity index (χ1v) is 10.1. The molecule has 3 rings (SSSR count). The fourth-order valence-corrected chi connectivity index (χ4v) is 3.83. The van der Waals surface area contributed by atoms with Gasteiger partial charge in [0, 0.05) is 23.7 Å². The Morgan fingerprint density at radius 2 is 1.88 bits per heavy atom. The van der Waals surface area contributed by atoms with E-state index in [2.05, 4.69) is 10.6 Å². The molecular formula is C23H27FN2O6. The molecular weight excluding hydrogens is 419 g/mol. The van der Waals surface area contributed by atoms with E-state index in [1.54, 1.807) is 26.0 Å². The van der Waals surface area contributed by atoms with Gasteiger partial charge >= 0.3 is 5.97 Å². The predicted molar refractivity (Wildman–Crippen MR) is 115 cm³/mol. The monoisotopic (exact) mass is 446 g/mol. The number of hydrogen-bond donors (Lipinski definition) is 5. The maximum absolute atomic E-state index is 13.9. The van der Waals surface area contributed by atoms with Gasteiger partial charge < -0.3 is 30.7 Å². The lowest BCUT2D eigenvalue weighted by Gasteiger charge is -2.30. The highest BCUT2D eigenvalue weighted by Gasteiger charge is 2.36. The highest BCUT2D eigenvalue weighted by Crippen LogP contribution is 2.40. The molecule has 0 spiro atoms. The second-order valence-electron chi connectivity index (χ2n) is 8.74. The number of carbonyl (C=O) groups excluding carboxylic acids is 1. The van der Waals surface area contributed by atoms with E-state index in [4.69, 9.17) is 4.74 Å². The summed E-state index contributed by atoms with van der Waals surface area (Å²) in [5.41, 5.74) is 1.82. The van der Waals surface area contributed by atoms with Crippen molar-refractivity contribution in [2.45, 2.75) is 51.9 Å². The van der Waals surface area contributed by atoms with Crippen molar-refractivity contribution in [2.24, 2.45) is 0 Å². The number of amides is 1. The van der Waals surface area contributed by atoms with Crippen molar-refractivity contribution < 1.29 is 34.0 Å². The number of halogens is 1. The van der Waals surface area contributed by atoms with Crippen LogP contribution in [0.2, 0.25) is 0 Å². The summed E-state index contributed by atoms with van der Waals surface area (Å²) in [5.74, 6) is -2.79. The lowest BCUT2D eigenvalue weighted by Crippen LogP contribution is -2.44. The molecule has 0 radical (unpaired) electrons. The van der Waals surface area contributed by atoms with Crippen LogP contribution in [-0.2, 0) is 16.0 Å². The van der Waals surface area contributed by atoms with Gasteiger partial charge in [-0.05, 0) is 56.9 Å². The maximum Gasteiger partial charge on any atom is 0.354 e. The van der Waals surface area contributed by atoms with E-state index in [0.29, 0.717) is 17.5 Å². The molecule has 0 fully saturated rings. The van der Waals surface area contributed by atoms with Crippen molar-refractivity contribution in [3.8, 4) is 11.5 Å².